The van der Waals surface area contributed by atoms with E-state index in [-0.39, 0.29) is 0 Å². The number of hydrogen-bond donors (Lipinski definition) is 0. The third-order valence-corrected chi connectivity index (χ3v) is 5.61. The van der Waals surface area contributed by atoms with Gasteiger partial charge in [0.25, 0.3) is 0 Å². The van der Waals surface area contributed by atoms with Gasteiger partial charge < -0.3 is 4.90 Å². The van der Waals surface area contributed by atoms with E-state index >= 15 is 0 Å². The highest BCUT2D eigenvalue weighted by Crippen LogP contribution is 2.09. The summed E-state index contributed by atoms with van der Waals surface area (Å²) in [7, 11) is 2.79. The van der Waals surface area contributed by atoms with Crippen LogP contribution in [0.5, 0.6) is 0 Å². The van der Waals surface area contributed by atoms with Crippen molar-refractivity contribution >= 4 is 13.3 Å². The van der Waals surface area contributed by atoms with Crippen LogP contribution in [0.25, 0.3) is 0 Å². The van der Waals surface area contributed by atoms with Gasteiger partial charge in [-0.15, -0.1) is 6.58 Å². The average Bonchev–Trinajstić information content (AvgIpc) is 2.17. The van der Waals surface area contributed by atoms with Crippen molar-refractivity contribution in [1.29, 1.82) is 0 Å². The fourth-order valence-electron chi connectivity index (χ4n) is 1.74. The zero-order valence-corrected chi connectivity index (χ0v) is 11.2. The van der Waals surface area contributed by atoms with Gasteiger partial charge in [0.1, 0.15) is 8.07 Å². The third kappa shape index (κ3) is 3.04. The molecule has 0 aromatic heterocycles. The van der Waals surface area contributed by atoms with Gasteiger partial charge in [-0.1, -0.05) is 48.2 Å². The van der Waals surface area contributed by atoms with E-state index in [0.29, 0.717) is 0 Å². The van der Waals surface area contributed by atoms with Gasteiger partial charge in [-0.25, -0.2) is 0 Å². The summed E-state index contributed by atoms with van der Waals surface area (Å²) in [4.78, 5) is 2.21. The van der Waals surface area contributed by atoms with E-state index in [2.05, 4.69) is 68.6 Å². The molecule has 1 nitrogen and oxygen atoms in total. The number of nitrogens with zero attached hydrogens (tertiary/aromatic N) is 1. The predicted octanol–water partition coefficient (Wildman–Crippen LogP) is 2.39. The molecule has 0 aliphatic rings. The van der Waals surface area contributed by atoms with Gasteiger partial charge in [0.15, 0.2) is 0 Å². The first kappa shape index (κ1) is 12.2. The molecule has 1 aromatic carbocycles. The minimum absolute atomic E-state index is 1.01. The van der Waals surface area contributed by atoms with Crippen molar-refractivity contribution in [2.75, 3.05) is 14.1 Å². The molecule has 15 heavy (non-hydrogen) atoms. The van der Waals surface area contributed by atoms with E-state index in [0.717, 1.165) is 6.54 Å². The molecule has 0 aliphatic heterocycles. The van der Waals surface area contributed by atoms with Gasteiger partial charge in [0.05, 0.1) is 0 Å². The summed E-state index contributed by atoms with van der Waals surface area (Å²) in [5, 5.41) is 1.51. The van der Waals surface area contributed by atoms with Gasteiger partial charge in [-0.3, -0.25) is 0 Å². The Morgan fingerprint density at radius 3 is 2.40 bits per heavy atom. The summed E-state index contributed by atoms with van der Waals surface area (Å²) in [6.45, 7) is 9.67. The van der Waals surface area contributed by atoms with Crippen LogP contribution >= 0.6 is 0 Å². The normalized spacial score (nSPS) is 11.8. The summed E-state index contributed by atoms with van der Waals surface area (Å²) in [6.07, 6.45) is 0. The SMILES string of the molecule is C=C[Si](C)(C)c1ccccc1CN(C)C. The van der Waals surface area contributed by atoms with E-state index in [1.54, 1.807) is 0 Å². The second-order valence-electron chi connectivity index (χ2n) is 4.82. The summed E-state index contributed by atoms with van der Waals surface area (Å²) in [5.41, 5.74) is 3.60. The first-order valence-electron chi connectivity index (χ1n) is 5.34. The van der Waals surface area contributed by atoms with Crippen LogP contribution in [-0.2, 0) is 6.54 Å². The van der Waals surface area contributed by atoms with Gasteiger partial charge in [-0.05, 0) is 19.7 Å². The molecule has 0 amide bonds. The minimum atomic E-state index is -1.43. The second kappa shape index (κ2) is 4.77. The molecule has 0 fully saturated rings. The fourth-order valence-corrected chi connectivity index (χ4v) is 3.47. The molecular formula is C13H21NSi. The number of rotatable bonds is 4. The lowest BCUT2D eigenvalue weighted by Gasteiger charge is -2.23. The molecule has 0 unspecified atom stereocenters. The molecule has 0 saturated heterocycles. The molecule has 2 heteroatoms. The Morgan fingerprint density at radius 2 is 1.87 bits per heavy atom. The van der Waals surface area contributed by atoms with Crippen LogP contribution in [0, 0.1) is 0 Å². The maximum Gasteiger partial charge on any atom is 0.104 e. The Bertz CT molecular complexity index is 342. The van der Waals surface area contributed by atoms with Crippen LogP contribution in [0.3, 0.4) is 0 Å². The van der Waals surface area contributed by atoms with E-state index in [1.165, 1.54) is 10.8 Å². The van der Waals surface area contributed by atoms with Crippen molar-refractivity contribution in [2.24, 2.45) is 0 Å². The van der Waals surface area contributed by atoms with Crippen LogP contribution in [0.1, 0.15) is 5.56 Å². The van der Waals surface area contributed by atoms with Crippen LogP contribution < -0.4 is 5.19 Å². The topological polar surface area (TPSA) is 3.24 Å². The highest BCUT2D eigenvalue weighted by molar-refractivity contribution is 6.94. The molecule has 0 heterocycles. The summed E-state index contributed by atoms with van der Waals surface area (Å²) < 4.78 is 0. The lowest BCUT2D eigenvalue weighted by Crippen LogP contribution is -2.42. The van der Waals surface area contributed by atoms with Gasteiger partial charge in [-0.2, -0.15) is 0 Å². The minimum Gasteiger partial charge on any atom is -0.305 e. The maximum absolute atomic E-state index is 3.98. The van der Waals surface area contributed by atoms with Crippen molar-refractivity contribution in [3.8, 4) is 0 Å². The summed E-state index contributed by atoms with van der Waals surface area (Å²) in [5.74, 6) is 0. The zero-order chi connectivity index (χ0) is 11.5. The van der Waals surface area contributed by atoms with E-state index < -0.39 is 8.07 Å². The molecular weight excluding hydrogens is 198 g/mol. The van der Waals surface area contributed by atoms with Crippen molar-refractivity contribution < 1.29 is 0 Å². The summed E-state index contributed by atoms with van der Waals surface area (Å²) in [6, 6.07) is 8.74. The average molecular weight is 219 g/mol. The lowest BCUT2D eigenvalue weighted by molar-refractivity contribution is 0.403. The Hall–Kier alpha value is -0.863. The van der Waals surface area contributed by atoms with Gasteiger partial charge in [0.2, 0.25) is 0 Å². The Balaban J connectivity index is 3.11. The van der Waals surface area contributed by atoms with Crippen LogP contribution in [-0.4, -0.2) is 27.1 Å². The summed E-state index contributed by atoms with van der Waals surface area (Å²) >= 11 is 0. The highest BCUT2D eigenvalue weighted by Gasteiger charge is 2.21. The van der Waals surface area contributed by atoms with Crippen molar-refractivity contribution in [3.63, 3.8) is 0 Å². The molecule has 0 atom stereocenters. The van der Waals surface area contributed by atoms with Crippen LogP contribution in [0.2, 0.25) is 13.1 Å². The molecule has 0 saturated carbocycles. The first-order valence-corrected chi connectivity index (χ1v) is 8.42. The molecule has 0 bridgehead atoms. The standard InChI is InChI=1S/C13H21NSi/c1-6-15(4,5)13-10-8-7-9-12(13)11-14(2)3/h6-10H,1,11H2,2-5H3. The maximum atomic E-state index is 3.98. The first-order chi connectivity index (χ1) is 6.97. The smallest absolute Gasteiger partial charge is 0.104 e. The number of benzene rings is 1. The zero-order valence-electron chi connectivity index (χ0n) is 10.2. The lowest BCUT2D eigenvalue weighted by atomic mass is 10.2. The molecule has 0 aliphatic carbocycles. The van der Waals surface area contributed by atoms with Crippen molar-refractivity contribution in [2.45, 2.75) is 19.6 Å². The second-order valence-corrected chi connectivity index (χ2v) is 9.21. The molecule has 1 aromatic rings. The fraction of sp³-hybridized carbons (Fsp3) is 0.385. The van der Waals surface area contributed by atoms with Gasteiger partial charge in [0, 0.05) is 6.54 Å². The third-order valence-electron chi connectivity index (χ3n) is 2.71. The van der Waals surface area contributed by atoms with Crippen molar-refractivity contribution in [3.05, 3.63) is 42.1 Å². The molecule has 0 radical (unpaired) electrons. The highest BCUT2D eigenvalue weighted by atomic mass is 28.3. The largest absolute Gasteiger partial charge is 0.305 e. The van der Waals surface area contributed by atoms with Crippen molar-refractivity contribution in [1.82, 2.24) is 4.90 Å². The van der Waals surface area contributed by atoms with E-state index in [4.69, 9.17) is 0 Å². The molecule has 1 rings (SSSR count). The monoisotopic (exact) mass is 219 g/mol. The van der Waals surface area contributed by atoms with Crippen LogP contribution in [0.15, 0.2) is 36.5 Å². The Labute approximate surface area is 94.4 Å². The Kier molecular flexibility index (Phi) is 3.88. The quantitative estimate of drug-likeness (QED) is 0.703. The predicted molar refractivity (Wildman–Crippen MR) is 71.1 cm³/mol. The molecule has 0 spiro atoms. The molecule has 0 N–H and O–H groups in total. The number of hydrogen-bond acceptors (Lipinski definition) is 1. The Morgan fingerprint density at radius 1 is 1.27 bits per heavy atom. The van der Waals surface area contributed by atoms with Crippen LogP contribution in [0.4, 0.5) is 0 Å². The van der Waals surface area contributed by atoms with Gasteiger partial charge >= 0.3 is 0 Å². The molecule has 82 valence electrons. The van der Waals surface area contributed by atoms with E-state index in [1.807, 2.05) is 0 Å². The van der Waals surface area contributed by atoms with E-state index in [9.17, 15) is 0 Å².